The molecule has 0 saturated carbocycles. The quantitative estimate of drug-likeness (QED) is 0.886. The van der Waals surface area contributed by atoms with Gasteiger partial charge in [0.1, 0.15) is 18.1 Å². The maximum absolute atomic E-state index is 5.89. The molecule has 0 aliphatic carbocycles. The van der Waals surface area contributed by atoms with Crippen molar-refractivity contribution in [3.8, 4) is 0 Å². The van der Waals surface area contributed by atoms with Gasteiger partial charge in [0, 0.05) is 7.11 Å². The molecule has 4 heteroatoms. The van der Waals surface area contributed by atoms with Crippen molar-refractivity contribution in [1.29, 1.82) is 0 Å². The summed E-state index contributed by atoms with van der Waals surface area (Å²) in [7, 11) is 1.67. The molecule has 4 nitrogen and oxygen atoms in total. The molecule has 0 fully saturated rings. The second kappa shape index (κ2) is 6.43. The highest BCUT2D eigenvalue weighted by molar-refractivity contribution is 5.37. The van der Waals surface area contributed by atoms with E-state index in [-0.39, 0.29) is 6.04 Å². The van der Waals surface area contributed by atoms with Gasteiger partial charge in [-0.3, -0.25) is 0 Å². The van der Waals surface area contributed by atoms with Crippen LogP contribution in [0.3, 0.4) is 0 Å². The minimum absolute atomic E-state index is 0.0616. The van der Waals surface area contributed by atoms with Crippen LogP contribution >= 0.6 is 0 Å². The van der Waals surface area contributed by atoms with E-state index >= 15 is 0 Å². The van der Waals surface area contributed by atoms with Crippen LogP contribution < -0.4 is 5.32 Å². The van der Waals surface area contributed by atoms with Crippen molar-refractivity contribution in [1.82, 2.24) is 5.32 Å². The van der Waals surface area contributed by atoms with E-state index in [1.165, 1.54) is 16.7 Å². The minimum Gasteiger partial charge on any atom is -0.462 e. The van der Waals surface area contributed by atoms with Gasteiger partial charge < -0.3 is 19.2 Å². The SMILES string of the molecule is CCNC(c1ccc2c(c1)COC2)c1ccc(COC)o1. The van der Waals surface area contributed by atoms with Gasteiger partial charge in [0.2, 0.25) is 0 Å². The summed E-state index contributed by atoms with van der Waals surface area (Å²) in [5, 5.41) is 3.49. The summed E-state index contributed by atoms with van der Waals surface area (Å²) in [4.78, 5) is 0. The van der Waals surface area contributed by atoms with Crippen LogP contribution in [0, 0.1) is 0 Å². The lowest BCUT2D eigenvalue weighted by Crippen LogP contribution is -2.21. The highest BCUT2D eigenvalue weighted by atomic mass is 16.5. The smallest absolute Gasteiger partial charge is 0.129 e. The van der Waals surface area contributed by atoms with Crippen molar-refractivity contribution in [2.45, 2.75) is 32.8 Å². The van der Waals surface area contributed by atoms with E-state index in [0.717, 1.165) is 24.7 Å². The third-order valence-electron chi connectivity index (χ3n) is 3.74. The van der Waals surface area contributed by atoms with Crippen LogP contribution in [0.1, 0.15) is 41.2 Å². The van der Waals surface area contributed by atoms with Gasteiger partial charge in [-0.25, -0.2) is 0 Å². The topological polar surface area (TPSA) is 43.6 Å². The Morgan fingerprint density at radius 2 is 2.05 bits per heavy atom. The van der Waals surface area contributed by atoms with Gasteiger partial charge >= 0.3 is 0 Å². The molecule has 1 aromatic heterocycles. The maximum Gasteiger partial charge on any atom is 0.129 e. The van der Waals surface area contributed by atoms with E-state index in [4.69, 9.17) is 13.9 Å². The van der Waals surface area contributed by atoms with Crippen LogP contribution in [0.4, 0.5) is 0 Å². The summed E-state index contributed by atoms with van der Waals surface area (Å²) in [6.07, 6.45) is 0. The monoisotopic (exact) mass is 287 g/mol. The second-order valence-corrected chi connectivity index (χ2v) is 5.25. The number of fused-ring (bicyclic) bond motifs is 1. The molecule has 1 atom stereocenters. The Morgan fingerprint density at radius 1 is 1.19 bits per heavy atom. The van der Waals surface area contributed by atoms with Gasteiger partial charge in [0.15, 0.2) is 0 Å². The van der Waals surface area contributed by atoms with Crippen LogP contribution in [0.25, 0.3) is 0 Å². The lowest BCUT2D eigenvalue weighted by atomic mass is 9.99. The number of hydrogen-bond donors (Lipinski definition) is 1. The molecule has 21 heavy (non-hydrogen) atoms. The van der Waals surface area contributed by atoms with Crippen molar-refractivity contribution in [2.24, 2.45) is 0 Å². The third-order valence-corrected chi connectivity index (χ3v) is 3.74. The molecule has 2 aromatic rings. The summed E-state index contributed by atoms with van der Waals surface area (Å²) in [6.45, 7) is 4.90. The first kappa shape index (κ1) is 14.3. The van der Waals surface area contributed by atoms with Gasteiger partial charge in [-0.15, -0.1) is 0 Å². The summed E-state index contributed by atoms with van der Waals surface area (Å²) < 4.78 is 16.5. The van der Waals surface area contributed by atoms with E-state index in [2.05, 4.69) is 30.4 Å². The molecule has 0 saturated heterocycles. The Labute approximate surface area is 125 Å². The lowest BCUT2D eigenvalue weighted by molar-refractivity contribution is 0.134. The molecule has 1 aromatic carbocycles. The Balaban J connectivity index is 1.89. The van der Waals surface area contributed by atoms with E-state index in [9.17, 15) is 0 Å². The van der Waals surface area contributed by atoms with E-state index in [0.29, 0.717) is 13.2 Å². The van der Waals surface area contributed by atoms with E-state index in [1.807, 2.05) is 12.1 Å². The third kappa shape index (κ3) is 3.02. The van der Waals surface area contributed by atoms with Crippen LogP contribution in [0.15, 0.2) is 34.7 Å². The minimum atomic E-state index is 0.0616. The van der Waals surface area contributed by atoms with Crippen molar-refractivity contribution in [2.75, 3.05) is 13.7 Å². The zero-order chi connectivity index (χ0) is 14.7. The average Bonchev–Trinajstić information content (AvgIpc) is 3.13. The molecule has 0 spiro atoms. The maximum atomic E-state index is 5.89. The lowest BCUT2D eigenvalue weighted by Gasteiger charge is -2.17. The largest absolute Gasteiger partial charge is 0.462 e. The summed E-state index contributed by atoms with van der Waals surface area (Å²) in [5.41, 5.74) is 3.77. The summed E-state index contributed by atoms with van der Waals surface area (Å²) in [5.74, 6) is 1.77. The average molecular weight is 287 g/mol. The molecule has 0 bridgehead atoms. The first-order valence-corrected chi connectivity index (χ1v) is 7.32. The van der Waals surface area contributed by atoms with Crippen LogP contribution in [0.2, 0.25) is 0 Å². The number of furan rings is 1. The standard InChI is InChI=1S/C17H21NO3/c1-3-18-17(16-7-6-15(21-16)11-19-2)12-4-5-13-9-20-10-14(13)8-12/h4-8,17-18H,3,9-11H2,1-2H3. The second-order valence-electron chi connectivity index (χ2n) is 5.25. The fourth-order valence-electron chi connectivity index (χ4n) is 2.73. The molecule has 112 valence electrons. The highest BCUT2D eigenvalue weighted by Crippen LogP contribution is 2.28. The number of benzene rings is 1. The summed E-state index contributed by atoms with van der Waals surface area (Å²) >= 11 is 0. The van der Waals surface area contributed by atoms with Crippen molar-refractivity contribution >= 4 is 0 Å². The zero-order valence-corrected chi connectivity index (χ0v) is 12.5. The Bertz CT molecular complexity index is 606. The van der Waals surface area contributed by atoms with E-state index < -0.39 is 0 Å². The van der Waals surface area contributed by atoms with Gasteiger partial charge in [-0.1, -0.05) is 25.1 Å². The number of ether oxygens (including phenoxy) is 2. The first-order valence-electron chi connectivity index (χ1n) is 7.32. The van der Waals surface area contributed by atoms with Gasteiger partial charge in [0.25, 0.3) is 0 Å². The molecular formula is C17H21NO3. The Kier molecular flexibility index (Phi) is 4.39. The highest BCUT2D eigenvalue weighted by Gasteiger charge is 2.20. The molecular weight excluding hydrogens is 266 g/mol. The molecule has 1 aliphatic heterocycles. The molecule has 2 heterocycles. The predicted molar refractivity (Wildman–Crippen MR) is 79.9 cm³/mol. The van der Waals surface area contributed by atoms with Gasteiger partial charge in [0.05, 0.1) is 19.3 Å². The van der Waals surface area contributed by atoms with Crippen molar-refractivity contribution < 1.29 is 13.9 Å². The molecule has 1 unspecified atom stereocenters. The van der Waals surface area contributed by atoms with Crippen LogP contribution in [-0.2, 0) is 29.3 Å². The Hall–Kier alpha value is -1.62. The van der Waals surface area contributed by atoms with E-state index in [1.54, 1.807) is 7.11 Å². The normalized spacial score (nSPS) is 15.1. The molecule has 0 radical (unpaired) electrons. The number of nitrogens with one attached hydrogen (secondary N) is 1. The van der Waals surface area contributed by atoms with Crippen molar-refractivity contribution in [3.63, 3.8) is 0 Å². The predicted octanol–water partition coefficient (Wildman–Crippen LogP) is 3.16. The molecule has 0 amide bonds. The number of methoxy groups -OCH3 is 1. The molecule has 1 N–H and O–H groups in total. The number of rotatable bonds is 6. The van der Waals surface area contributed by atoms with Crippen LogP contribution in [0.5, 0.6) is 0 Å². The molecule has 3 rings (SSSR count). The van der Waals surface area contributed by atoms with Gasteiger partial charge in [-0.05, 0) is 35.4 Å². The van der Waals surface area contributed by atoms with Crippen molar-refractivity contribution in [3.05, 3.63) is 58.5 Å². The first-order chi connectivity index (χ1) is 10.3. The fraction of sp³-hybridized carbons (Fsp3) is 0.412. The van der Waals surface area contributed by atoms with Crippen LogP contribution in [-0.4, -0.2) is 13.7 Å². The Morgan fingerprint density at radius 3 is 2.86 bits per heavy atom. The summed E-state index contributed by atoms with van der Waals surface area (Å²) in [6, 6.07) is 10.6. The fourth-order valence-corrected chi connectivity index (χ4v) is 2.73. The zero-order valence-electron chi connectivity index (χ0n) is 12.5. The van der Waals surface area contributed by atoms with Gasteiger partial charge in [-0.2, -0.15) is 0 Å². The number of hydrogen-bond acceptors (Lipinski definition) is 4. The molecule has 1 aliphatic rings.